The maximum absolute atomic E-state index is 13.2. The van der Waals surface area contributed by atoms with Crippen LogP contribution >= 0.6 is 0 Å². The van der Waals surface area contributed by atoms with Crippen LogP contribution in [0.5, 0.6) is 0 Å². The van der Waals surface area contributed by atoms with Crippen molar-refractivity contribution >= 4 is 26.6 Å². The van der Waals surface area contributed by atoms with E-state index in [0.717, 1.165) is 44.3 Å². The number of para-hydroxylation sites is 1. The van der Waals surface area contributed by atoms with E-state index >= 15 is 0 Å². The second-order valence-corrected chi connectivity index (χ2v) is 9.17. The molecule has 1 saturated heterocycles. The predicted molar refractivity (Wildman–Crippen MR) is 109 cm³/mol. The molecule has 0 spiro atoms. The van der Waals surface area contributed by atoms with Gasteiger partial charge in [-0.1, -0.05) is 49.2 Å². The van der Waals surface area contributed by atoms with Crippen LogP contribution in [0.25, 0.3) is 10.9 Å². The van der Waals surface area contributed by atoms with Gasteiger partial charge in [-0.25, -0.2) is 8.42 Å². The molecule has 1 fully saturated rings. The third kappa shape index (κ3) is 3.56. The highest BCUT2D eigenvalue weighted by molar-refractivity contribution is 7.91. The Morgan fingerprint density at radius 2 is 1.50 bits per heavy atom. The Balaban J connectivity index is 1.72. The number of hydrogen-bond donors (Lipinski definition) is 0. The zero-order chi connectivity index (χ0) is 19.6. The number of rotatable bonds is 4. The molecule has 1 aliphatic rings. The number of likely N-dealkylation sites (tertiary alicyclic amines) is 1. The Labute approximate surface area is 165 Å². The van der Waals surface area contributed by atoms with Crippen molar-refractivity contribution in [1.82, 2.24) is 9.47 Å². The van der Waals surface area contributed by atoms with Crippen LogP contribution in [-0.4, -0.2) is 36.9 Å². The number of aromatic nitrogens is 1. The highest BCUT2D eigenvalue weighted by Gasteiger charge is 2.24. The van der Waals surface area contributed by atoms with E-state index in [0.29, 0.717) is 5.39 Å². The van der Waals surface area contributed by atoms with Gasteiger partial charge in [0.1, 0.15) is 6.54 Å². The quantitative estimate of drug-likeness (QED) is 0.672. The summed E-state index contributed by atoms with van der Waals surface area (Å²) in [4.78, 5) is 15.3. The molecule has 2 aromatic carbocycles. The van der Waals surface area contributed by atoms with E-state index in [2.05, 4.69) is 0 Å². The van der Waals surface area contributed by atoms with Crippen LogP contribution in [0.2, 0.25) is 0 Å². The minimum absolute atomic E-state index is 0.0475. The summed E-state index contributed by atoms with van der Waals surface area (Å²) in [7, 11) is -3.66. The fourth-order valence-corrected chi connectivity index (χ4v) is 5.35. The molecule has 28 heavy (non-hydrogen) atoms. The van der Waals surface area contributed by atoms with Gasteiger partial charge in [0.2, 0.25) is 15.7 Å². The number of carbonyl (C=O) groups excluding carboxylic acids is 1. The van der Waals surface area contributed by atoms with Crippen LogP contribution in [0.1, 0.15) is 25.7 Å². The maximum Gasteiger partial charge on any atom is 0.242 e. The molecular weight excluding hydrogens is 372 g/mol. The molecule has 0 atom stereocenters. The zero-order valence-electron chi connectivity index (χ0n) is 15.8. The molecule has 1 aliphatic heterocycles. The summed E-state index contributed by atoms with van der Waals surface area (Å²) >= 11 is 0. The van der Waals surface area contributed by atoms with Gasteiger partial charge in [0.15, 0.2) is 0 Å². The van der Waals surface area contributed by atoms with Gasteiger partial charge in [0.25, 0.3) is 0 Å². The third-order valence-corrected chi connectivity index (χ3v) is 7.16. The smallest absolute Gasteiger partial charge is 0.242 e. The summed E-state index contributed by atoms with van der Waals surface area (Å²) in [5, 5.41) is 0.648. The van der Waals surface area contributed by atoms with Crippen LogP contribution in [0.15, 0.2) is 70.6 Å². The number of sulfone groups is 1. The van der Waals surface area contributed by atoms with E-state index in [1.54, 1.807) is 47.2 Å². The molecular formula is C22H24N2O3S. The van der Waals surface area contributed by atoms with Crippen LogP contribution in [0.4, 0.5) is 0 Å². The first-order chi connectivity index (χ1) is 13.6. The van der Waals surface area contributed by atoms with Crippen molar-refractivity contribution in [3.63, 3.8) is 0 Å². The summed E-state index contributed by atoms with van der Waals surface area (Å²) in [6.07, 6.45) is 6.01. The molecule has 1 amide bonds. The Kier molecular flexibility index (Phi) is 5.22. The molecule has 0 aliphatic carbocycles. The van der Waals surface area contributed by atoms with Crippen molar-refractivity contribution in [3.8, 4) is 0 Å². The van der Waals surface area contributed by atoms with Gasteiger partial charge in [-0.2, -0.15) is 0 Å². The fourth-order valence-electron chi connectivity index (χ4n) is 3.85. The number of hydrogen-bond acceptors (Lipinski definition) is 3. The minimum Gasteiger partial charge on any atom is -0.341 e. The van der Waals surface area contributed by atoms with Crippen molar-refractivity contribution in [2.45, 2.75) is 42.0 Å². The first kappa shape index (κ1) is 18.7. The third-order valence-electron chi connectivity index (χ3n) is 5.36. The van der Waals surface area contributed by atoms with E-state index in [4.69, 9.17) is 0 Å². The van der Waals surface area contributed by atoms with E-state index in [1.807, 2.05) is 23.1 Å². The van der Waals surface area contributed by atoms with Crippen molar-refractivity contribution < 1.29 is 13.2 Å². The van der Waals surface area contributed by atoms with Gasteiger partial charge in [0, 0.05) is 30.2 Å². The molecule has 0 saturated carbocycles. The molecule has 2 heterocycles. The molecule has 6 heteroatoms. The van der Waals surface area contributed by atoms with Crippen LogP contribution in [-0.2, 0) is 21.2 Å². The Bertz CT molecular complexity index is 1080. The highest BCUT2D eigenvalue weighted by atomic mass is 32.2. The monoisotopic (exact) mass is 396 g/mol. The molecule has 146 valence electrons. The van der Waals surface area contributed by atoms with Crippen molar-refractivity contribution in [2.24, 2.45) is 0 Å². The van der Waals surface area contributed by atoms with Crippen LogP contribution in [0.3, 0.4) is 0 Å². The zero-order valence-corrected chi connectivity index (χ0v) is 16.6. The molecule has 0 radical (unpaired) electrons. The normalized spacial score (nSPS) is 15.5. The fraction of sp³-hybridized carbons (Fsp3) is 0.318. The van der Waals surface area contributed by atoms with Gasteiger partial charge < -0.3 is 9.47 Å². The predicted octanol–water partition coefficient (Wildman–Crippen LogP) is 3.88. The molecule has 3 aromatic rings. The topological polar surface area (TPSA) is 59.4 Å². The molecule has 0 N–H and O–H groups in total. The van der Waals surface area contributed by atoms with Gasteiger partial charge in [-0.3, -0.25) is 4.79 Å². The SMILES string of the molecule is O=C(Cn1cc(S(=O)(=O)c2ccccc2)c2ccccc21)N1CCCCCC1. The van der Waals surface area contributed by atoms with Gasteiger partial charge in [0.05, 0.1) is 9.79 Å². The second kappa shape index (κ2) is 7.80. The Hall–Kier alpha value is -2.60. The van der Waals surface area contributed by atoms with Crippen molar-refractivity contribution in [1.29, 1.82) is 0 Å². The average Bonchev–Trinajstić information content (AvgIpc) is 2.90. The number of amides is 1. The number of fused-ring (bicyclic) bond motifs is 1. The largest absolute Gasteiger partial charge is 0.341 e. The molecule has 5 nitrogen and oxygen atoms in total. The lowest BCUT2D eigenvalue weighted by Gasteiger charge is -2.20. The highest BCUT2D eigenvalue weighted by Crippen LogP contribution is 2.30. The van der Waals surface area contributed by atoms with Gasteiger partial charge >= 0.3 is 0 Å². The molecule has 1 aromatic heterocycles. The number of nitrogens with zero attached hydrogens (tertiary/aromatic N) is 2. The number of carbonyl (C=O) groups is 1. The lowest BCUT2D eigenvalue weighted by atomic mass is 10.2. The lowest BCUT2D eigenvalue weighted by molar-refractivity contribution is -0.131. The molecule has 4 rings (SSSR count). The Morgan fingerprint density at radius 1 is 0.857 bits per heavy atom. The standard InChI is InChI=1S/C22H24N2O3S/c25-22(23-14-8-1-2-9-15-23)17-24-16-21(19-12-6-7-13-20(19)24)28(26,27)18-10-4-3-5-11-18/h3-7,10-13,16H,1-2,8-9,14-15,17H2. The maximum atomic E-state index is 13.2. The average molecular weight is 397 g/mol. The van der Waals surface area contributed by atoms with Crippen molar-refractivity contribution in [3.05, 3.63) is 60.8 Å². The van der Waals surface area contributed by atoms with Crippen molar-refractivity contribution in [2.75, 3.05) is 13.1 Å². The summed E-state index contributed by atoms with van der Waals surface area (Å²) in [6, 6.07) is 15.8. The molecule has 0 unspecified atom stereocenters. The lowest BCUT2D eigenvalue weighted by Crippen LogP contribution is -2.34. The van der Waals surface area contributed by atoms with Crippen LogP contribution < -0.4 is 0 Å². The summed E-state index contributed by atoms with van der Waals surface area (Å²) in [6.45, 7) is 1.73. The van der Waals surface area contributed by atoms with Crippen LogP contribution in [0, 0.1) is 0 Å². The van der Waals surface area contributed by atoms with E-state index < -0.39 is 9.84 Å². The van der Waals surface area contributed by atoms with E-state index in [1.165, 1.54) is 0 Å². The van der Waals surface area contributed by atoms with Gasteiger partial charge in [-0.05, 0) is 31.0 Å². The summed E-state index contributed by atoms with van der Waals surface area (Å²) in [5.41, 5.74) is 0.764. The van der Waals surface area contributed by atoms with Gasteiger partial charge in [-0.15, -0.1) is 0 Å². The van der Waals surface area contributed by atoms with E-state index in [-0.39, 0.29) is 22.2 Å². The van der Waals surface area contributed by atoms with E-state index in [9.17, 15) is 13.2 Å². The number of benzene rings is 2. The first-order valence-corrected chi connectivity index (χ1v) is 11.2. The molecule has 0 bridgehead atoms. The second-order valence-electron chi connectivity index (χ2n) is 7.25. The Morgan fingerprint density at radius 3 is 2.21 bits per heavy atom. The minimum atomic E-state index is -3.66. The first-order valence-electron chi connectivity index (χ1n) is 9.73. The summed E-state index contributed by atoms with van der Waals surface area (Å²) < 4.78 is 28.1. The summed E-state index contributed by atoms with van der Waals surface area (Å²) in [5.74, 6) is 0.0475.